The van der Waals surface area contributed by atoms with E-state index in [1.807, 2.05) is 10.6 Å². The van der Waals surface area contributed by atoms with Crippen molar-refractivity contribution in [3.63, 3.8) is 0 Å². The Hall–Kier alpha value is -1.20. The van der Waals surface area contributed by atoms with Crippen LogP contribution in [0.4, 0.5) is 4.39 Å². The maximum absolute atomic E-state index is 13.6. The van der Waals surface area contributed by atoms with Crippen molar-refractivity contribution in [2.45, 2.75) is 38.8 Å². The first-order valence-corrected chi connectivity index (χ1v) is 7.00. The monoisotopic (exact) mass is 280 g/mol. The maximum Gasteiger partial charge on any atom is 0.178 e. The lowest BCUT2D eigenvalue weighted by atomic mass is 10.1. The van der Waals surface area contributed by atoms with E-state index in [1.54, 1.807) is 6.92 Å². The van der Waals surface area contributed by atoms with E-state index in [9.17, 15) is 4.39 Å². The van der Waals surface area contributed by atoms with Gasteiger partial charge in [-0.3, -0.25) is 0 Å². The molecule has 1 aliphatic rings. The Morgan fingerprint density at radius 1 is 1.53 bits per heavy atom. The lowest BCUT2D eigenvalue weighted by molar-refractivity contribution is 0.0741. The van der Waals surface area contributed by atoms with Gasteiger partial charge in [0.2, 0.25) is 0 Å². The largest absolute Gasteiger partial charge is 0.376 e. The van der Waals surface area contributed by atoms with Crippen molar-refractivity contribution in [3.8, 4) is 0 Å². The Balaban J connectivity index is 2.14. The summed E-state index contributed by atoms with van der Waals surface area (Å²) in [4.78, 5) is 3.08. The average Bonchev–Trinajstić information content (AvgIpc) is 2.97. The Morgan fingerprint density at radius 2 is 2.32 bits per heavy atom. The zero-order valence-electron chi connectivity index (χ0n) is 11.1. The van der Waals surface area contributed by atoms with Crippen LogP contribution < -0.4 is 0 Å². The van der Waals surface area contributed by atoms with E-state index in [4.69, 9.17) is 17.0 Å². The summed E-state index contributed by atoms with van der Waals surface area (Å²) in [6, 6.07) is 3.52. The molecular formula is C14H17FN2OS. The molecule has 0 spiro atoms. The molecule has 2 heterocycles. The minimum Gasteiger partial charge on any atom is -0.376 e. The summed E-state index contributed by atoms with van der Waals surface area (Å²) in [6.07, 6.45) is 2.34. The third-order valence-corrected chi connectivity index (χ3v) is 4.21. The molecule has 2 unspecified atom stereocenters. The minimum absolute atomic E-state index is 0.161. The molecule has 0 amide bonds. The highest BCUT2D eigenvalue weighted by atomic mass is 32.1. The molecule has 2 atom stereocenters. The smallest absolute Gasteiger partial charge is 0.178 e. The first-order chi connectivity index (χ1) is 9.08. The van der Waals surface area contributed by atoms with E-state index in [2.05, 4.69) is 11.9 Å². The van der Waals surface area contributed by atoms with Gasteiger partial charge in [-0.2, -0.15) is 0 Å². The summed E-state index contributed by atoms with van der Waals surface area (Å²) in [6.45, 7) is 4.70. The Labute approximate surface area is 116 Å². The van der Waals surface area contributed by atoms with Crippen LogP contribution in [0.3, 0.4) is 0 Å². The molecule has 19 heavy (non-hydrogen) atoms. The first kappa shape index (κ1) is 12.8. The minimum atomic E-state index is -0.208. The van der Waals surface area contributed by atoms with Crippen LogP contribution in [0.1, 0.15) is 31.4 Å². The number of ether oxygens (including phenoxy) is 1. The second-order valence-electron chi connectivity index (χ2n) is 5.21. The number of nitrogens with one attached hydrogen (secondary N) is 1. The second-order valence-corrected chi connectivity index (χ2v) is 5.60. The van der Waals surface area contributed by atoms with Crippen molar-refractivity contribution in [2.24, 2.45) is 0 Å². The fraction of sp³-hybridized carbons (Fsp3) is 0.500. The quantitative estimate of drug-likeness (QED) is 0.846. The number of aromatic nitrogens is 2. The lowest BCUT2D eigenvalue weighted by Crippen LogP contribution is -2.20. The molecule has 0 bridgehead atoms. The topological polar surface area (TPSA) is 29.9 Å². The Morgan fingerprint density at radius 3 is 3.00 bits per heavy atom. The van der Waals surface area contributed by atoms with Gasteiger partial charge in [0.1, 0.15) is 5.82 Å². The van der Waals surface area contributed by atoms with E-state index in [1.165, 1.54) is 6.07 Å². The standard InChI is InChI=1S/C14H17FN2OS/c1-8-6-12-11(7-10(8)15)16-14(19)17(12)9(2)13-4-3-5-18-13/h6-7,9,13H,3-5H2,1-2H3,(H,16,19). The number of benzene rings is 1. The molecule has 3 nitrogen and oxygen atoms in total. The summed E-state index contributed by atoms with van der Waals surface area (Å²) >= 11 is 5.38. The second kappa shape index (κ2) is 4.72. The van der Waals surface area contributed by atoms with Gasteiger partial charge in [0, 0.05) is 6.61 Å². The first-order valence-electron chi connectivity index (χ1n) is 6.60. The maximum atomic E-state index is 13.6. The summed E-state index contributed by atoms with van der Waals surface area (Å²) in [5.74, 6) is -0.208. The predicted molar refractivity (Wildman–Crippen MR) is 75.5 cm³/mol. The van der Waals surface area contributed by atoms with Crippen LogP contribution in [0.2, 0.25) is 0 Å². The fourth-order valence-electron chi connectivity index (χ4n) is 2.80. The van der Waals surface area contributed by atoms with E-state index >= 15 is 0 Å². The van der Waals surface area contributed by atoms with Gasteiger partial charge in [-0.05, 0) is 56.6 Å². The molecule has 0 aliphatic carbocycles. The molecule has 102 valence electrons. The van der Waals surface area contributed by atoms with E-state index in [0.29, 0.717) is 10.3 Å². The van der Waals surface area contributed by atoms with Crippen LogP contribution in [-0.2, 0) is 4.74 Å². The van der Waals surface area contributed by atoms with Crippen LogP contribution in [-0.4, -0.2) is 22.3 Å². The number of nitrogens with zero attached hydrogens (tertiary/aromatic N) is 1. The molecule has 0 radical (unpaired) electrons. The van der Waals surface area contributed by atoms with Crippen LogP contribution in [0.5, 0.6) is 0 Å². The zero-order valence-corrected chi connectivity index (χ0v) is 11.9. The predicted octanol–water partition coefficient (Wildman–Crippen LogP) is 3.89. The van der Waals surface area contributed by atoms with Crippen molar-refractivity contribution in [1.29, 1.82) is 0 Å². The van der Waals surface area contributed by atoms with Crippen LogP contribution in [0, 0.1) is 17.5 Å². The van der Waals surface area contributed by atoms with E-state index < -0.39 is 0 Å². The Kier molecular flexibility index (Phi) is 3.19. The van der Waals surface area contributed by atoms with Gasteiger partial charge in [0.15, 0.2) is 4.77 Å². The molecule has 1 saturated heterocycles. The number of hydrogen-bond acceptors (Lipinski definition) is 2. The zero-order chi connectivity index (χ0) is 13.6. The van der Waals surface area contributed by atoms with Crippen LogP contribution >= 0.6 is 12.2 Å². The van der Waals surface area contributed by atoms with Crippen molar-refractivity contribution in [3.05, 3.63) is 28.3 Å². The molecular weight excluding hydrogens is 263 g/mol. The third-order valence-electron chi connectivity index (χ3n) is 3.91. The van der Waals surface area contributed by atoms with Gasteiger partial charge in [-0.1, -0.05) is 0 Å². The van der Waals surface area contributed by atoms with Gasteiger partial charge in [0.25, 0.3) is 0 Å². The molecule has 2 aromatic rings. The lowest BCUT2D eigenvalue weighted by Gasteiger charge is -2.21. The summed E-state index contributed by atoms with van der Waals surface area (Å²) in [5, 5.41) is 0. The third kappa shape index (κ3) is 2.11. The normalized spacial score (nSPS) is 21.1. The van der Waals surface area contributed by atoms with Crippen LogP contribution in [0.15, 0.2) is 12.1 Å². The highest BCUT2D eigenvalue weighted by Gasteiger charge is 2.25. The summed E-state index contributed by atoms with van der Waals surface area (Å²) in [5.41, 5.74) is 2.33. The molecule has 5 heteroatoms. The summed E-state index contributed by atoms with van der Waals surface area (Å²) < 4.78 is 22.0. The molecule has 1 aliphatic heterocycles. The summed E-state index contributed by atoms with van der Waals surface area (Å²) in [7, 11) is 0. The van der Waals surface area contributed by atoms with Crippen molar-refractivity contribution < 1.29 is 9.13 Å². The highest BCUT2D eigenvalue weighted by Crippen LogP contribution is 2.29. The van der Waals surface area contributed by atoms with Gasteiger partial charge >= 0.3 is 0 Å². The molecule has 1 aromatic heterocycles. The van der Waals surface area contributed by atoms with Crippen LogP contribution in [0.25, 0.3) is 11.0 Å². The van der Waals surface area contributed by atoms with Crippen molar-refractivity contribution in [2.75, 3.05) is 6.61 Å². The highest BCUT2D eigenvalue weighted by molar-refractivity contribution is 7.71. The SMILES string of the molecule is Cc1cc2c(cc1F)[nH]c(=S)n2C(C)C1CCCO1. The number of fused-ring (bicyclic) bond motifs is 1. The molecule has 1 N–H and O–H groups in total. The Bertz CT molecular complexity index is 670. The number of hydrogen-bond donors (Lipinski definition) is 1. The van der Waals surface area contributed by atoms with Gasteiger partial charge in [-0.25, -0.2) is 4.39 Å². The number of imidazole rings is 1. The van der Waals surface area contributed by atoms with Gasteiger partial charge in [0.05, 0.1) is 23.2 Å². The fourth-order valence-corrected chi connectivity index (χ4v) is 3.18. The van der Waals surface area contributed by atoms with Gasteiger partial charge in [-0.15, -0.1) is 0 Å². The van der Waals surface area contributed by atoms with Gasteiger partial charge < -0.3 is 14.3 Å². The van der Waals surface area contributed by atoms with E-state index in [0.717, 1.165) is 30.5 Å². The van der Waals surface area contributed by atoms with E-state index in [-0.39, 0.29) is 18.0 Å². The van der Waals surface area contributed by atoms with Crippen molar-refractivity contribution in [1.82, 2.24) is 9.55 Å². The average molecular weight is 280 g/mol. The molecule has 0 saturated carbocycles. The number of rotatable bonds is 2. The number of H-pyrrole nitrogens is 1. The molecule has 3 rings (SSSR count). The number of aryl methyl sites for hydroxylation is 1. The number of halogens is 1. The molecule has 1 aromatic carbocycles. The molecule has 1 fully saturated rings. The number of aromatic amines is 1. The van der Waals surface area contributed by atoms with Crippen molar-refractivity contribution >= 4 is 23.3 Å².